The number of fused-ring (bicyclic) bond motifs is 2. The van der Waals surface area contributed by atoms with Crippen molar-refractivity contribution in [1.29, 1.82) is 5.41 Å². The zero-order valence-corrected chi connectivity index (χ0v) is 83.1. The summed E-state index contributed by atoms with van der Waals surface area (Å²) in [5, 5.41) is 121. The first-order chi connectivity index (χ1) is 69.6. The third-order valence-corrected chi connectivity index (χ3v) is 23.8. The van der Waals surface area contributed by atoms with Crippen molar-refractivity contribution in [3.8, 4) is 5.75 Å². The van der Waals surface area contributed by atoms with Crippen LogP contribution in [0.5, 0.6) is 5.75 Å². The van der Waals surface area contributed by atoms with Gasteiger partial charge >= 0.3 is 23.9 Å². The number of rotatable bonds is 68. The van der Waals surface area contributed by atoms with Gasteiger partial charge in [-0.1, -0.05) is 82.6 Å². The van der Waals surface area contributed by atoms with E-state index >= 15 is 19.2 Å². The number of nitrogens with two attached hydrogens (primary N) is 3. The highest BCUT2D eigenvalue weighted by Crippen LogP contribution is 2.24. The van der Waals surface area contributed by atoms with Crippen LogP contribution in [0.1, 0.15) is 174 Å². The van der Waals surface area contributed by atoms with Gasteiger partial charge in [-0.2, -0.15) is 11.8 Å². The molecule has 0 radical (unpaired) electrons. The molecule has 2 heterocycles. The van der Waals surface area contributed by atoms with Crippen molar-refractivity contribution in [2.24, 2.45) is 23.1 Å². The molecule has 0 unspecified atom stereocenters. The summed E-state index contributed by atoms with van der Waals surface area (Å²) in [6.45, 7) is 8.78. The Morgan fingerprint density at radius 2 is 0.714 bits per heavy atom. The Labute approximate surface area is 848 Å². The molecule has 0 fully saturated rings. The lowest BCUT2D eigenvalue weighted by atomic mass is 9.96. The maximum atomic E-state index is 15.3. The number of aromatic hydroxyl groups is 1. The number of phenolic OH excluding ortho intramolecular Hbond substituents is 1. The fourth-order valence-corrected chi connectivity index (χ4v) is 15.5. The van der Waals surface area contributed by atoms with Crippen LogP contribution in [0, 0.1) is 11.3 Å². The molecule has 806 valence electrons. The molecular formula is C94H135N23O29S. The maximum Gasteiger partial charge on any atom is 0.305 e. The van der Waals surface area contributed by atoms with Crippen molar-refractivity contribution in [3.05, 3.63) is 102 Å². The Morgan fingerprint density at radius 1 is 0.361 bits per heavy atom. The van der Waals surface area contributed by atoms with Crippen LogP contribution in [-0.2, 0) is 125 Å². The summed E-state index contributed by atoms with van der Waals surface area (Å²) in [5.74, 6) is -28.5. The van der Waals surface area contributed by atoms with E-state index in [-0.39, 0.29) is 61.5 Å². The van der Waals surface area contributed by atoms with E-state index in [0.717, 1.165) is 13.8 Å². The summed E-state index contributed by atoms with van der Waals surface area (Å²) < 4.78 is 0. The number of hydrogen-bond donors (Lipinski definition) is 30. The maximum absolute atomic E-state index is 15.3. The highest BCUT2D eigenvalue weighted by Gasteiger charge is 2.42. The van der Waals surface area contributed by atoms with Crippen LogP contribution in [0.2, 0.25) is 0 Å². The molecule has 52 nitrogen and oxygen atoms in total. The largest absolute Gasteiger partial charge is 0.508 e. The zero-order valence-electron chi connectivity index (χ0n) is 82.3. The minimum absolute atomic E-state index is 0.0286. The van der Waals surface area contributed by atoms with Crippen molar-refractivity contribution in [2.75, 3.05) is 31.6 Å². The minimum Gasteiger partial charge on any atom is -0.508 e. The average molecular weight is 2080 g/mol. The van der Waals surface area contributed by atoms with E-state index in [9.17, 15) is 122 Å². The molecule has 0 bridgehead atoms. The van der Waals surface area contributed by atoms with Gasteiger partial charge in [-0.05, 0) is 131 Å². The van der Waals surface area contributed by atoms with Gasteiger partial charge in [-0.15, -0.1) is 0 Å². The number of amides is 18. The number of guanidine groups is 1. The van der Waals surface area contributed by atoms with Crippen LogP contribution in [0.3, 0.4) is 0 Å². The number of para-hydroxylation sites is 2. The number of carbonyl (C=O) groups excluding carboxylic acids is 18. The lowest BCUT2D eigenvalue weighted by Gasteiger charge is -2.30. The van der Waals surface area contributed by atoms with Crippen LogP contribution < -0.4 is 108 Å². The summed E-state index contributed by atoms with van der Waals surface area (Å²) in [6.07, 6.45) is -9.05. The third kappa shape index (κ3) is 42.7. The van der Waals surface area contributed by atoms with Gasteiger partial charge in [0, 0.05) is 105 Å². The topological polar surface area (TPSA) is 855 Å². The fraction of sp³-hybridized carbons (Fsp3) is 0.521. The zero-order chi connectivity index (χ0) is 109. The number of carboxylic acid groups (broad SMARTS) is 4. The second-order valence-electron chi connectivity index (χ2n) is 35.0. The van der Waals surface area contributed by atoms with E-state index in [4.69, 9.17) is 22.6 Å². The summed E-state index contributed by atoms with van der Waals surface area (Å²) in [4.78, 5) is 312. The van der Waals surface area contributed by atoms with Crippen LogP contribution in [0.4, 0.5) is 0 Å². The first-order valence-electron chi connectivity index (χ1n) is 47.6. The molecule has 5 rings (SSSR count). The van der Waals surface area contributed by atoms with Gasteiger partial charge in [-0.25, -0.2) is 0 Å². The van der Waals surface area contributed by atoms with E-state index in [1.54, 1.807) is 75.6 Å². The fourth-order valence-electron chi connectivity index (χ4n) is 15.0. The number of thioether (sulfide) groups is 1. The Kier molecular flexibility index (Phi) is 51.6. The van der Waals surface area contributed by atoms with Crippen molar-refractivity contribution < 1.29 is 141 Å². The smallest absolute Gasteiger partial charge is 0.305 e. The molecule has 0 aliphatic rings. The molecular weight excluding hydrogens is 1950 g/mol. The average Bonchev–Trinajstić information content (AvgIpc) is 1.75. The predicted molar refractivity (Wildman–Crippen MR) is 529 cm³/mol. The lowest BCUT2D eigenvalue weighted by molar-refractivity contribution is -0.142. The number of benzene rings is 3. The molecule has 18 amide bonds. The molecule has 0 saturated carbocycles. The third-order valence-electron chi connectivity index (χ3n) is 23.2. The van der Waals surface area contributed by atoms with Gasteiger partial charge in [0.15, 0.2) is 5.96 Å². The van der Waals surface area contributed by atoms with Gasteiger partial charge in [0.1, 0.15) is 90.3 Å². The molecule has 33 N–H and O–H groups in total. The molecule has 0 aliphatic heterocycles. The van der Waals surface area contributed by atoms with E-state index in [0.29, 0.717) is 40.2 Å². The van der Waals surface area contributed by atoms with E-state index in [1.807, 2.05) is 0 Å². The molecule has 2 aromatic heterocycles. The number of H-pyrrole nitrogens is 2. The van der Waals surface area contributed by atoms with Gasteiger partial charge in [-0.3, -0.25) is 111 Å². The first kappa shape index (κ1) is 122. The first-order valence-corrected chi connectivity index (χ1v) is 49.0. The summed E-state index contributed by atoms with van der Waals surface area (Å²) in [5.41, 5.74) is 18.5. The number of phenols is 1. The monoisotopic (exact) mass is 2080 g/mol. The van der Waals surface area contributed by atoms with Gasteiger partial charge < -0.3 is 153 Å². The lowest BCUT2D eigenvalue weighted by Crippen LogP contribution is -2.62. The molecule has 53 heteroatoms. The molecule has 3 aromatic carbocycles. The molecule has 17 atom stereocenters. The van der Waals surface area contributed by atoms with Gasteiger partial charge in [0.05, 0.1) is 31.5 Å². The Balaban J connectivity index is 1.53. The van der Waals surface area contributed by atoms with E-state index in [1.165, 1.54) is 55.3 Å². The SMILES string of the molecule is CCCNC(=O)CC[C@H](NC(=O)[C@H](Cc1c[nH]c2ccccc12)NC(=O)[C@@H](NC(=O)[C@H](CCSC)NC(=O)CCC(=O)O)[C@@H](C)O)C(=O)N[C@@H](CCC(=O)O)C(=O)N[C@@H](Cc1c[nH]c2ccccc12)C(=O)N[C@@H](CC(=O)O)C(=O)N[C@@H](CCCNC(=N)N)C(=O)N[C@@H](CCC(=O)O)C(=O)N[C@H](C(=O)N[C@@H](CCC(=O)NCCC)C(=O)N[C@@H](CC(N)=O)C(=O)N[C@@H](Cc1ccc(O)cc1)C(=O)N[C@H](C(N)=O)[C@@H](C)O)[C@@H](C)CC. The standard InChI is InChI=1S/C94H135N23O29S/c1-8-36-99-70(122)29-25-59(108-87(140)66(42-52-46-103-57-19-14-12-17-55(52)57)114-93(146)79(49(6)119)117-86(139)63(35-39-147-7)104-72(124)31-34-75(129)130)82(135)106-61(27-32-73(125)126)84(137)111-65(41-51-45-102-56-18-13-11-16-54(51)56)88(141)113-68(44-76(131)132)90(143)105-58(20-15-38-101-94(97)98)81(134)107-62(28-33-74(127)128)85(138)115-77(47(4)10-3)92(145)109-60(26-30-71(123)100-37-9-2)83(136)112-67(43-69(95)121)89(142)110-64(40-50-21-23-53(120)24-22-50)91(144)116-78(48(5)118)80(96)133/h11-14,16-19,21-24,45-49,58-68,77-79,102-103,118-120H,8-10,15,20,25-44H2,1-7H3,(H2,95,121)(H2,96,133)(H,99,122)(H,100,123)(H,104,124)(H,105,143)(H,106,135)(H,107,134)(H,108,140)(H,109,145)(H,110,142)(H,111,137)(H,112,136)(H,113,141)(H,114,146)(H,115,138)(H,116,144)(H,117,139)(H,125,126)(H,127,128)(H,129,130)(H,131,132)(H4,97,98,101)/t47-,48+,49+,58-,59-,60-,61-,62-,63-,64-,65-,66-,67-,68-,77-,78-,79-/m0/s1. The van der Waals surface area contributed by atoms with Crippen LogP contribution >= 0.6 is 11.8 Å². The number of carboxylic acids is 4. The Morgan fingerprint density at radius 3 is 1.12 bits per heavy atom. The summed E-state index contributed by atoms with van der Waals surface area (Å²) in [6, 6.07) is -7.89. The molecule has 5 aromatic rings. The number of aromatic nitrogens is 2. The quantitative estimate of drug-likeness (QED) is 0.00985. The van der Waals surface area contributed by atoms with Crippen molar-refractivity contribution in [1.82, 2.24) is 100 Å². The number of nitrogens with one attached hydrogen (secondary N) is 20. The van der Waals surface area contributed by atoms with E-state index < -0.39 is 342 Å². The second-order valence-corrected chi connectivity index (χ2v) is 36.0. The number of aliphatic hydroxyl groups excluding tert-OH is 2. The number of aromatic amines is 2. The Hall–Kier alpha value is -15.6. The molecule has 0 saturated heterocycles. The molecule has 0 aliphatic carbocycles. The van der Waals surface area contributed by atoms with Crippen LogP contribution in [0.15, 0.2) is 85.2 Å². The minimum atomic E-state index is -2.28. The Bertz CT molecular complexity index is 5450. The number of primary amides is 2. The van der Waals surface area contributed by atoms with Crippen molar-refractivity contribution in [3.63, 3.8) is 0 Å². The van der Waals surface area contributed by atoms with Crippen LogP contribution in [0.25, 0.3) is 21.8 Å². The number of hydrogen-bond acceptors (Lipinski definition) is 27. The highest BCUT2D eigenvalue weighted by atomic mass is 32.2. The highest BCUT2D eigenvalue weighted by molar-refractivity contribution is 7.98. The predicted octanol–water partition coefficient (Wildman–Crippen LogP) is -4.96. The number of aliphatic hydroxyl groups is 2. The summed E-state index contributed by atoms with van der Waals surface area (Å²) >= 11 is 1.28. The van der Waals surface area contributed by atoms with Crippen molar-refractivity contribution >= 4 is 170 Å². The normalized spacial score (nSPS) is 14.6. The van der Waals surface area contributed by atoms with Gasteiger partial charge in [0.25, 0.3) is 0 Å². The molecule has 147 heavy (non-hydrogen) atoms. The molecule has 0 spiro atoms. The van der Waals surface area contributed by atoms with Gasteiger partial charge in [0.2, 0.25) is 106 Å². The van der Waals surface area contributed by atoms with Crippen molar-refractivity contribution in [2.45, 2.75) is 273 Å². The second kappa shape index (κ2) is 62.2. The number of carbonyl (C=O) groups is 22. The van der Waals surface area contributed by atoms with Crippen LogP contribution in [-0.4, -0.2) is 310 Å². The van der Waals surface area contributed by atoms with E-state index in [2.05, 4.69) is 100 Å². The summed E-state index contributed by atoms with van der Waals surface area (Å²) in [7, 11) is 0. The number of aliphatic carboxylic acids is 4.